The van der Waals surface area contributed by atoms with Crippen LogP contribution in [0.15, 0.2) is 70.3 Å². The lowest BCUT2D eigenvalue weighted by Crippen LogP contribution is -2.30. The van der Waals surface area contributed by atoms with Gasteiger partial charge in [0.05, 0.1) is 30.4 Å². The van der Waals surface area contributed by atoms with Crippen molar-refractivity contribution >= 4 is 59.0 Å². The lowest BCUT2D eigenvalue weighted by molar-refractivity contribution is -0.117. The molecule has 16 heteroatoms. The van der Waals surface area contributed by atoms with Crippen LogP contribution in [-0.4, -0.2) is 41.3 Å². The van der Waals surface area contributed by atoms with Gasteiger partial charge in [-0.15, -0.1) is 0 Å². The number of halogens is 2. The van der Waals surface area contributed by atoms with Gasteiger partial charge in [-0.2, -0.15) is 5.10 Å². The van der Waals surface area contributed by atoms with Crippen molar-refractivity contribution in [1.29, 1.82) is 0 Å². The summed E-state index contributed by atoms with van der Waals surface area (Å²) in [5.41, 5.74) is 2.56. The maximum atomic E-state index is 14.7. The number of amides is 3. The van der Waals surface area contributed by atoms with E-state index in [0.717, 1.165) is 0 Å². The van der Waals surface area contributed by atoms with E-state index >= 15 is 0 Å². The zero-order valence-electron chi connectivity index (χ0n) is 24.9. The van der Waals surface area contributed by atoms with Crippen LogP contribution in [-0.2, 0) is 27.2 Å². The number of aromatic nitrogens is 2. The third-order valence-electron chi connectivity index (χ3n) is 6.98. The fourth-order valence-electron chi connectivity index (χ4n) is 4.77. The number of carbonyl (C=O) groups excluding carboxylic acids is 3. The molecular formula is C31H29ClFN9O5. The van der Waals surface area contributed by atoms with Gasteiger partial charge in [-0.1, -0.05) is 11.6 Å². The van der Waals surface area contributed by atoms with Crippen LogP contribution in [0.3, 0.4) is 0 Å². The zero-order chi connectivity index (χ0) is 33.5. The molecule has 5 rings (SSSR count). The molecule has 1 unspecified atom stereocenters. The van der Waals surface area contributed by atoms with E-state index in [9.17, 15) is 18.8 Å². The van der Waals surface area contributed by atoms with Gasteiger partial charge >= 0.3 is 6.09 Å². The van der Waals surface area contributed by atoms with Crippen molar-refractivity contribution in [1.82, 2.24) is 15.3 Å². The number of nitrogens with one attached hydrogen (secondary N) is 3. The number of ether oxygens (including phenoxy) is 1. The number of anilines is 3. The number of hydrazine groups is 1. The number of carbonyl (C=O) groups is 3. The monoisotopic (exact) mass is 661 g/mol. The van der Waals surface area contributed by atoms with Crippen molar-refractivity contribution < 1.29 is 27.9 Å². The topological polar surface area (TPSA) is 203 Å². The highest BCUT2D eigenvalue weighted by Gasteiger charge is 2.24. The Morgan fingerprint density at radius 2 is 2.04 bits per heavy atom. The Bertz CT molecular complexity index is 1880. The van der Waals surface area contributed by atoms with Gasteiger partial charge in [0.1, 0.15) is 18.2 Å². The maximum absolute atomic E-state index is 14.7. The van der Waals surface area contributed by atoms with Gasteiger partial charge in [0.15, 0.2) is 5.76 Å². The molecule has 7 N–H and O–H groups in total. The van der Waals surface area contributed by atoms with Gasteiger partial charge in [-0.25, -0.2) is 20.0 Å². The molecule has 0 radical (unpaired) electrons. The number of nitrogens with zero attached hydrogens (tertiary/aromatic N) is 4. The van der Waals surface area contributed by atoms with E-state index in [0.29, 0.717) is 38.9 Å². The summed E-state index contributed by atoms with van der Waals surface area (Å²) in [5, 5.41) is 13.2. The maximum Gasteiger partial charge on any atom is 0.411 e. The van der Waals surface area contributed by atoms with Crippen molar-refractivity contribution in [2.75, 3.05) is 22.8 Å². The highest BCUT2D eigenvalue weighted by molar-refractivity contribution is 6.30. The predicted molar refractivity (Wildman–Crippen MR) is 174 cm³/mol. The standard InChI is InChI=1S/C31H29ClFN9O5/c1-46-31(45)39-20-4-6-21-24(13-20)40-29(44)11-8-23-22(33)7-5-19(38-23)14-25(30-36-15-27(21)47-30)41-28(43)10-2-17-12-18(32)3-9-26(17)42(35)16-37-34/h2-7,9-10,12-13,15-16,25H,8,11,14,34-35H2,1H3,(H,39,45)(H,40,44)(H,41,43)/b10-2+,37-16-. The summed E-state index contributed by atoms with van der Waals surface area (Å²) in [4.78, 5) is 46.8. The van der Waals surface area contributed by atoms with Crippen molar-refractivity contribution in [3.8, 4) is 11.3 Å². The summed E-state index contributed by atoms with van der Waals surface area (Å²) >= 11 is 6.17. The molecule has 0 saturated heterocycles. The minimum Gasteiger partial charge on any atom is -0.453 e. The van der Waals surface area contributed by atoms with Crippen molar-refractivity contribution in [2.45, 2.75) is 25.3 Å². The average molecular weight is 662 g/mol. The van der Waals surface area contributed by atoms with Crippen LogP contribution in [0.5, 0.6) is 0 Å². The first-order valence-corrected chi connectivity index (χ1v) is 14.5. The minimum atomic E-state index is -0.845. The Balaban J connectivity index is 1.50. The normalized spacial score (nSPS) is 14.6. The lowest BCUT2D eigenvalue weighted by atomic mass is 10.1. The SMILES string of the molecule is COC(=O)Nc1ccc2c(c1)NC(=O)CCc1nc(ccc1F)CC(NC(=O)/C=C/c1cc(Cl)ccc1N(N)/C=N\N)c1ncc-2o1. The van der Waals surface area contributed by atoms with E-state index in [1.54, 1.807) is 30.3 Å². The fourth-order valence-corrected chi connectivity index (χ4v) is 4.95. The van der Waals surface area contributed by atoms with E-state index in [-0.39, 0.29) is 36.6 Å². The molecule has 0 spiro atoms. The summed E-state index contributed by atoms with van der Waals surface area (Å²) in [6, 6.07) is 11.5. The number of nitrogens with two attached hydrogens (primary N) is 2. The van der Waals surface area contributed by atoms with Crippen LogP contribution in [0.1, 0.15) is 35.3 Å². The fraction of sp³-hybridized carbons (Fsp3) is 0.161. The van der Waals surface area contributed by atoms with Crippen LogP contribution >= 0.6 is 11.6 Å². The molecule has 2 aromatic carbocycles. The number of aryl methyl sites for hydroxylation is 1. The summed E-state index contributed by atoms with van der Waals surface area (Å²) in [6.45, 7) is 0. The molecule has 242 valence electrons. The molecule has 1 aliphatic rings. The Hall–Kier alpha value is -5.80. The quantitative estimate of drug-likeness (QED) is 0.0652. The van der Waals surface area contributed by atoms with Gasteiger partial charge in [-0.3, -0.25) is 24.9 Å². The molecule has 0 fully saturated rings. The number of rotatable bonds is 6. The van der Waals surface area contributed by atoms with Gasteiger partial charge in [0.25, 0.3) is 0 Å². The highest BCUT2D eigenvalue weighted by atomic mass is 35.5. The summed E-state index contributed by atoms with van der Waals surface area (Å²) < 4.78 is 25.5. The Kier molecular flexibility index (Phi) is 10.1. The molecule has 14 nitrogen and oxygen atoms in total. The Labute approximate surface area is 272 Å². The number of hydrogen-bond acceptors (Lipinski definition) is 10. The van der Waals surface area contributed by atoms with E-state index in [1.165, 1.54) is 55.0 Å². The van der Waals surface area contributed by atoms with Gasteiger partial charge < -0.3 is 25.6 Å². The van der Waals surface area contributed by atoms with Crippen LogP contribution in [0.2, 0.25) is 5.02 Å². The molecule has 0 aliphatic carbocycles. The number of hydrogen-bond donors (Lipinski definition) is 5. The molecule has 1 aliphatic heterocycles. The number of benzene rings is 2. The van der Waals surface area contributed by atoms with Crippen molar-refractivity contribution in [3.05, 3.63) is 94.5 Å². The predicted octanol–water partition coefficient (Wildman–Crippen LogP) is 4.29. The second kappa shape index (κ2) is 14.5. The van der Waals surface area contributed by atoms with Gasteiger partial charge in [0.2, 0.25) is 17.7 Å². The van der Waals surface area contributed by atoms with Crippen molar-refractivity contribution in [3.63, 3.8) is 0 Å². The van der Waals surface area contributed by atoms with Crippen molar-refractivity contribution in [2.24, 2.45) is 16.8 Å². The van der Waals surface area contributed by atoms with Gasteiger partial charge in [0, 0.05) is 52.9 Å². The molecule has 3 amide bonds. The van der Waals surface area contributed by atoms with E-state index < -0.39 is 29.8 Å². The third kappa shape index (κ3) is 8.08. The first kappa shape index (κ1) is 32.6. The summed E-state index contributed by atoms with van der Waals surface area (Å²) in [6.07, 6.45) is 4.73. The number of hydrazone groups is 1. The minimum absolute atomic E-state index is 0.00976. The average Bonchev–Trinajstić information content (AvgIpc) is 3.53. The van der Waals surface area contributed by atoms with E-state index in [4.69, 9.17) is 27.7 Å². The molecule has 4 aromatic rings. The lowest BCUT2D eigenvalue weighted by Gasteiger charge is -2.17. The Morgan fingerprint density at radius 1 is 1.21 bits per heavy atom. The second-order valence-electron chi connectivity index (χ2n) is 10.2. The molecule has 2 aromatic heterocycles. The Morgan fingerprint density at radius 3 is 2.83 bits per heavy atom. The third-order valence-corrected chi connectivity index (χ3v) is 7.22. The summed E-state index contributed by atoms with van der Waals surface area (Å²) in [7, 11) is 1.22. The summed E-state index contributed by atoms with van der Waals surface area (Å²) in [5.74, 6) is 10.1. The van der Waals surface area contributed by atoms with E-state index in [2.05, 4.69) is 35.8 Å². The number of fused-ring (bicyclic) bond motifs is 6. The molecule has 4 bridgehead atoms. The molecule has 3 heterocycles. The van der Waals surface area contributed by atoms with Gasteiger partial charge in [-0.05, 0) is 54.6 Å². The van der Waals surface area contributed by atoms with Crippen LogP contribution in [0.4, 0.5) is 26.2 Å². The number of methoxy groups -OCH3 is 1. The molecule has 0 saturated carbocycles. The molecule has 47 heavy (non-hydrogen) atoms. The van der Waals surface area contributed by atoms with Crippen LogP contribution in [0, 0.1) is 5.82 Å². The number of oxazole rings is 1. The largest absolute Gasteiger partial charge is 0.453 e. The smallest absolute Gasteiger partial charge is 0.411 e. The van der Waals surface area contributed by atoms with E-state index in [1.807, 2.05) is 0 Å². The first-order chi connectivity index (χ1) is 22.6. The highest BCUT2D eigenvalue weighted by Crippen LogP contribution is 2.33. The second-order valence-corrected chi connectivity index (χ2v) is 10.6. The number of pyridine rings is 1. The zero-order valence-corrected chi connectivity index (χ0v) is 25.6. The first-order valence-electron chi connectivity index (χ1n) is 14.1. The molecular weight excluding hydrogens is 633 g/mol. The van der Waals surface area contributed by atoms with Crippen LogP contribution < -0.4 is 32.6 Å². The molecule has 1 atom stereocenters. The van der Waals surface area contributed by atoms with Crippen LogP contribution in [0.25, 0.3) is 17.4 Å².